The van der Waals surface area contributed by atoms with E-state index in [0.29, 0.717) is 6.54 Å². The monoisotopic (exact) mass is 299 g/mol. The highest BCUT2D eigenvalue weighted by Crippen LogP contribution is 2.34. The highest BCUT2D eigenvalue weighted by Gasteiger charge is 2.21. The fourth-order valence-corrected chi connectivity index (χ4v) is 2.94. The fraction of sp³-hybridized carbons (Fsp3) is 0.353. The molecule has 5 nitrogen and oxygen atoms in total. The Morgan fingerprint density at radius 3 is 2.59 bits per heavy atom. The second-order valence-electron chi connectivity index (χ2n) is 5.34. The van der Waals surface area contributed by atoms with E-state index in [9.17, 15) is 0 Å². The maximum atomic E-state index is 5.83. The largest absolute Gasteiger partial charge is 0.493 e. The molecule has 0 unspecified atom stereocenters. The zero-order valence-corrected chi connectivity index (χ0v) is 13.0. The number of hydrogen-bond donors (Lipinski definition) is 1. The number of aromatic nitrogens is 1. The molecule has 0 bridgehead atoms. The summed E-state index contributed by atoms with van der Waals surface area (Å²) in [6.45, 7) is 2.23. The fourth-order valence-electron chi connectivity index (χ4n) is 2.94. The van der Waals surface area contributed by atoms with Gasteiger partial charge in [0.1, 0.15) is 5.82 Å². The predicted octanol–water partition coefficient (Wildman–Crippen LogP) is 2.12. The van der Waals surface area contributed by atoms with Crippen molar-refractivity contribution < 1.29 is 9.47 Å². The summed E-state index contributed by atoms with van der Waals surface area (Å²) >= 11 is 0. The smallest absolute Gasteiger partial charge is 0.161 e. The minimum atomic E-state index is 0.498. The van der Waals surface area contributed by atoms with E-state index in [0.717, 1.165) is 42.4 Å². The average Bonchev–Trinajstić information content (AvgIpc) is 2.59. The number of hydrogen-bond acceptors (Lipinski definition) is 5. The van der Waals surface area contributed by atoms with Crippen LogP contribution in [0.4, 0.5) is 5.82 Å². The first-order valence-electron chi connectivity index (χ1n) is 7.39. The molecule has 1 aromatic carbocycles. The molecule has 0 aliphatic carbocycles. The van der Waals surface area contributed by atoms with Gasteiger partial charge >= 0.3 is 0 Å². The van der Waals surface area contributed by atoms with Gasteiger partial charge in [-0.15, -0.1) is 0 Å². The number of benzene rings is 1. The zero-order chi connectivity index (χ0) is 15.5. The second-order valence-corrected chi connectivity index (χ2v) is 5.34. The molecule has 1 aliphatic heterocycles. The normalized spacial score (nSPS) is 13.7. The SMILES string of the molecule is COc1cc2c(cc1OC)CN(c1ncccc1CN)CC2. The summed E-state index contributed by atoms with van der Waals surface area (Å²) in [5.74, 6) is 2.53. The highest BCUT2D eigenvalue weighted by atomic mass is 16.5. The molecule has 0 saturated heterocycles. The molecule has 0 radical (unpaired) electrons. The molecule has 2 aromatic rings. The van der Waals surface area contributed by atoms with Gasteiger partial charge in [0.25, 0.3) is 0 Å². The third-order valence-electron chi connectivity index (χ3n) is 4.11. The molecule has 1 aliphatic rings. The molecule has 116 valence electrons. The Morgan fingerprint density at radius 2 is 1.91 bits per heavy atom. The van der Waals surface area contributed by atoms with E-state index in [4.69, 9.17) is 15.2 Å². The van der Waals surface area contributed by atoms with Gasteiger partial charge in [0.15, 0.2) is 11.5 Å². The van der Waals surface area contributed by atoms with Crippen molar-refractivity contribution in [1.29, 1.82) is 0 Å². The number of pyridine rings is 1. The first-order chi connectivity index (χ1) is 10.8. The molecule has 2 N–H and O–H groups in total. The zero-order valence-electron chi connectivity index (χ0n) is 13.0. The van der Waals surface area contributed by atoms with Crippen molar-refractivity contribution >= 4 is 5.82 Å². The van der Waals surface area contributed by atoms with Crippen molar-refractivity contribution in [1.82, 2.24) is 4.98 Å². The lowest BCUT2D eigenvalue weighted by Gasteiger charge is -2.31. The summed E-state index contributed by atoms with van der Waals surface area (Å²) in [6.07, 6.45) is 2.77. The molecule has 0 saturated carbocycles. The van der Waals surface area contributed by atoms with Gasteiger partial charge in [-0.1, -0.05) is 6.07 Å². The van der Waals surface area contributed by atoms with Crippen LogP contribution in [0.25, 0.3) is 0 Å². The molecule has 3 rings (SSSR count). The number of ether oxygens (including phenoxy) is 2. The van der Waals surface area contributed by atoms with Crippen molar-refractivity contribution in [2.75, 3.05) is 25.7 Å². The van der Waals surface area contributed by atoms with E-state index < -0.39 is 0 Å². The number of fused-ring (bicyclic) bond motifs is 1. The Labute approximate surface area is 130 Å². The molecule has 0 fully saturated rings. The topological polar surface area (TPSA) is 60.6 Å². The van der Waals surface area contributed by atoms with Crippen LogP contribution in [0.3, 0.4) is 0 Å². The predicted molar refractivity (Wildman–Crippen MR) is 86.4 cm³/mol. The van der Waals surface area contributed by atoms with Gasteiger partial charge in [-0.05, 0) is 35.7 Å². The summed E-state index contributed by atoms with van der Waals surface area (Å²) in [4.78, 5) is 6.79. The van der Waals surface area contributed by atoms with Crippen LogP contribution in [0.15, 0.2) is 30.5 Å². The molecular formula is C17H21N3O2. The van der Waals surface area contributed by atoms with Gasteiger partial charge in [0.2, 0.25) is 0 Å². The van der Waals surface area contributed by atoms with E-state index in [1.54, 1.807) is 14.2 Å². The molecule has 1 aromatic heterocycles. The Kier molecular flexibility index (Phi) is 4.15. The third-order valence-corrected chi connectivity index (χ3v) is 4.11. The van der Waals surface area contributed by atoms with E-state index in [1.807, 2.05) is 18.3 Å². The second kappa shape index (κ2) is 6.23. The van der Waals surface area contributed by atoms with Crippen LogP contribution in [0, 0.1) is 0 Å². The number of nitrogens with zero attached hydrogens (tertiary/aromatic N) is 2. The van der Waals surface area contributed by atoms with Gasteiger partial charge in [0.05, 0.1) is 14.2 Å². The lowest BCUT2D eigenvalue weighted by atomic mass is 9.98. The minimum Gasteiger partial charge on any atom is -0.493 e. The van der Waals surface area contributed by atoms with Crippen LogP contribution in [0.1, 0.15) is 16.7 Å². The lowest BCUT2D eigenvalue weighted by Crippen LogP contribution is -2.32. The number of anilines is 1. The van der Waals surface area contributed by atoms with Gasteiger partial charge in [-0.3, -0.25) is 0 Å². The summed E-state index contributed by atoms with van der Waals surface area (Å²) in [7, 11) is 3.33. The van der Waals surface area contributed by atoms with Crippen molar-refractivity contribution in [2.24, 2.45) is 5.73 Å². The summed E-state index contributed by atoms with van der Waals surface area (Å²) in [5, 5.41) is 0. The average molecular weight is 299 g/mol. The Bertz CT molecular complexity index is 673. The number of nitrogens with two attached hydrogens (primary N) is 1. The van der Waals surface area contributed by atoms with E-state index in [-0.39, 0.29) is 0 Å². The quantitative estimate of drug-likeness (QED) is 0.937. The summed E-state index contributed by atoms with van der Waals surface area (Å²) in [5.41, 5.74) is 9.46. The Balaban J connectivity index is 1.93. The van der Waals surface area contributed by atoms with Crippen LogP contribution in [0.5, 0.6) is 11.5 Å². The van der Waals surface area contributed by atoms with E-state index in [1.165, 1.54) is 11.1 Å². The number of methoxy groups -OCH3 is 2. The van der Waals surface area contributed by atoms with Crippen molar-refractivity contribution in [3.8, 4) is 11.5 Å². The van der Waals surface area contributed by atoms with Crippen LogP contribution >= 0.6 is 0 Å². The van der Waals surface area contributed by atoms with Crippen LogP contribution in [-0.4, -0.2) is 25.7 Å². The maximum absolute atomic E-state index is 5.83. The van der Waals surface area contributed by atoms with Gasteiger partial charge in [-0.2, -0.15) is 0 Å². The van der Waals surface area contributed by atoms with E-state index in [2.05, 4.69) is 22.0 Å². The highest BCUT2D eigenvalue weighted by molar-refractivity contribution is 5.53. The standard InChI is InChI=1S/C17H21N3O2/c1-21-15-8-12-5-7-20(11-14(12)9-16(15)22-2)17-13(10-18)4-3-6-19-17/h3-4,6,8-9H,5,7,10-11,18H2,1-2H3. The number of rotatable bonds is 4. The van der Waals surface area contributed by atoms with Crippen LogP contribution in [0.2, 0.25) is 0 Å². The van der Waals surface area contributed by atoms with Crippen molar-refractivity contribution in [2.45, 2.75) is 19.5 Å². The molecule has 0 atom stereocenters. The van der Waals surface area contributed by atoms with Gasteiger partial charge < -0.3 is 20.1 Å². The molecule has 2 heterocycles. The lowest BCUT2D eigenvalue weighted by molar-refractivity contribution is 0.353. The summed E-state index contributed by atoms with van der Waals surface area (Å²) < 4.78 is 10.8. The van der Waals surface area contributed by atoms with Crippen molar-refractivity contribution in [3.05, 3.63) is 47.2 Å². The van der Waals surface area contributed by atoms with E-state index >= 15 is 0 Å². The minimum absolute atomic E-state index is 0.498. The van der Waals surface area contributed by atoms with Gasteiger partial charge in [-0.25, -0.2) is 4.98 Å². The molecule has 0 spiro atoms. The first-order valence-corrected chi connectivity index (χ1v) is 7.39. The molecule has 5 heteroatoms. The third kappa shape index (κ3) is 2.60. The first kappa shape index (κ1) is 14.7. The van der Waals surface area contributed by atoms with Crippen LogP contribution < -0.4 is 20.1 Å². The molecular weight excluding hydrogens is 278 g/mol. The van der Waals surface area contributed by atoms with Gasteiger partial charge in [0, 0.05) is 31.4 Å². The molecule has 0 amide bonds. The molecule has 22 heavy (non-hydrogen) atoms. The Morgan fingerprint density at radius 1 is 1.18 bits per heavy atom. The Hall–Kier alpha value is -2.27. The van der Waals surface area contributed by atoms with Crippen molar-refractivity contribution in [3.63, 3.8) is 0 Å². The van der Waals surface area contributed by atoms with Crippen LogP contribution in [-0.2, 0) is 19.5 Å². The summed E-state index contributed by atoms with van der Waals surface area (Å²) in [6, 6.07) is 8.10. The maximum Gasteiger partial charge on any atom is 0.161 e.